The van der Waals surface area contributed by atoms with Crippen LogP contribution in [0.3, 0.4) is 0 Å². The number of rotatable bonds is 3. The molecule has 0 unspecified atom stereocenters. The zero-order valence-corrected chi connectivity index (χ0v) is 13.5. The Kier molecular flexibility index (Phi) is 5.31. The molecule has 2 rings (SSSR count). The van der Waals surface area contributed by atoms with E-state index < -0.39 is 0 Å². The summed E-state index contributed by atoms with van der Waals surface area (Å²) in [5.74, 6) is -0.156. The number of hydrogen-bond donors (Lipinski definition) is 1. The fourth-order valence-electron chi connectivity index (χ4n) is 2.21. The first-order valence-corrected chi connectivity index (χ1v) is 7.71. The van der Waals surface area contributed by atoms with Gasteiger partial charge in [0.1, 0.15) is 0 Å². The third-order valence-corrected chi connectivity index (χ3v) is 4.06. The van der Waals surface area contributed by atoms with E-state index in [9.17, 15) is 4.79 Å². The summed E-state index contributed by atoms with van der Waals surface area (Å²) in [5.41, 5.74) is 4.35. The van der Waals surface area contributed by atoms with Gasteiger partial charge in [-0.25, -0.2) is 5.43 Å². The molecule has 20 heavy (non-hydrogen) atoms. The van der Waals surface area contributed by atoms with E-state index in [1.165, 1.54) is 0 Å². The van der Waals surface area contributed by atoms with Crippen molar-refractivity contribution < 1.29 is 4.79 Å². The molecule has 1 aliphatic rings. The van der Waals surface area contributed by atoms with Crippen LogP contribution in [0.5, 0.6) is 0 Å². The molecule has 5 heteroatoms. The second-order valence-corrected chi connectivity index (χ2v) is 6.17. The molecule has 1 aromatic rings. The normalized spacial score (nSPS) is 16.3. The minimum atomic E-state index is -0.156. The number of benzene rings is 1. The van der Waals surface area contributed by atoms with E-state index in [4.69, 9.17) is 0 Å². The van der Waals surface area contributed by atoms with Crippen molar-refractivity contribution in [3.63, 3.8) is 0 Å². The molecule has 0 radical (unpaired) electrons. The van der Waals surface area contributed by atoms with Crippen LogP contribution < -0.4 is 5.43 Å². The van der Waals surface area contributed by atoms with Crippen molar-refractivity contribution >= 4 is 27.5 Å². The van der Waals surface area contributed by atoms with Crippen LogP contribution in [-0.2, 0) is 0 Å². The van der Waals surface area contributed by atoms with Crippen molar-refractivity contribution in [2.75, 3.05) is 13.1 Å². The number of carbonyl (C=O) groups excluding carboxylic acids is 1. The molecule has 1 heterocycles. The van der Waals surface area contributed by atoms with Gasteiger partial charge in [-0.2, -0.15) is 5.10 Å². The molecule has 0 saturated carbocycles. The summed E-state index contributed by atoms with van der Waals surface area (Å²) in [6.45, 7) is 6.45. The first-order valence-electron chi connectivity index (χ1n) is 6.91. The van der Waals surface area contributed by atoms with Gasteiger partial charge >= 0.3 is 0 Å². The fraction of sp³-hybridized carbons (Fsp3) is 0.467. The standard InChI is InChI=1S/C15H20BrN3O/c1-11(2)19-9-7-14(8-10-19)17-18-15(20)12-3-5-13(16)6-4-12/h3-6,11H,7-10H2,1-2H3,(H,18,20). The van der Waals surface area contributed by atoms with Gasteiger partial charge in [-0.15, -0.1) is 0 Å². The maximum Gasteiger partial charge on any atom is 0.271 e. The number of hydrazone groups is 1. The monoisotopic (exact) mass is 337 g/mol. The summed E-state index contributed by atoms with van der Waals surface area (Å²) in [6, 6.07) is 7.84. The van der Waals surface area contributed by atoms with E-state index in [1.807, 2.05) is 12.1 Å². The third kappa shape index (κ3) is 4.15. The first kappa shape index (κ1) is 15.2. The molecule has 1 aliphatic heterocycles. The molecule has 0 atom stereocenters. The summed E-state index contributed by atoms with van der Waals surface area (Å²) < 4.78 is 0.960. The lowest BCUT2D eigenvalue weighted by molar-refractivity contribution is 0.0954. The minimum Gasteiger partial charge on any atom is -0.300 e. The van der Waals surface area contributed by atoms with E-state index >= 15 is 0 Å². The van der Waals surface area contributed by atoms with Gasteiger partial charge in [-0.1, -0.05) is 15.9 Å². The molecule has 108 valence electrons. The Morgan fingerprint density at radius 2 is 1.85 bits per heavy atom. The van der Waals surface area contributed by atoms with E-state index in [1.54, 1.807) is 12.1 Å². The van der Waals surface area contributed by atoms with Gasteiger partial charge in [0, 0.05) is 47.7 Å². The summed E-state index contributed by atoms with van der Waals surface area (Å²) in [4.78, 5) is 14.4. The highest BCUT2D eigenvalue weighted by molar-refractivity contribution is 9.10. The molecule has 1 amide bonds. The van der Waals surface area contributed by atoms with Crippen LogP contribution in [0.2, 0.25) is 0 Å². The van der Waals surface area contributed by atoms with Gasteiger partial charge in [0.15, 0.2) is 0 Å². The molecule has 1 aromatic carbocycles. The number of hydrogen-bond acceptors (Lipinski definition) is 3. The van der Waals surface area contributed by atoms with E-state index in [0.717, 1.165) is 36.1 Å². The Labute approximate surface area is 128 Å². The highest BCUT2D eigenvalue weighted by Crippen LogP contribution is 2.12. The summed E-state index contributed by atoms with van der Waals surface area (Å²) in [6.07, 6.45) is 1.86. The average Bonchev–Trinajstić information content (AvgIpc) is 2.46. The maximum absolute atomic E-state index is 11.9. The van der Waals surface area contributed by atoms with Crippen molar-refractivity contribution in [1.82, 2.24) is 10.3 Å². The van der Waals surface area contributed by atoms with Crippen LogP contribution >= 0.6 is 15.9 Å². The number of halogens is 1. The molecule has 0 bridgehead atoms. The number of likely N-dealkylation sites (tertiary alicyclic amines) is 1. The molecule has 1 saturated heterocycles. The topological polar surface area (TPSA) is 44.7 Å². The molecule has 1 N–H and O–H groups in total. The van der Waals surface area contributed by atoms with Crippen LogP contribution in [-0.4, -0.2) is 35.7 Å². The zero-order chi connectivity index (χ0) is 14.5. The van der Waals surface area contributed by atoms with E-state index in [2.05, 4.69) is 45.2 Å². The SMILES string of the molecule is CC(C)N1CCC(=NNC(=O)c2ccc(Br)cc2)CC1. The van der Waals surface area contributed by atoms with Gasteiger partial charge in [0.25, 0.3) is 5.91 Å². The predicted molar refractivity (Wildman–Crippen MR) is 85.0 cm³/mol. The number of piperidine rings is 1. The Balaban J connectivity index is 1.87. The Bertz CT molecular complexity index is 486. The van der Waals surface area contributed by atoms with Crippen LogP contribution in [0.25, 0.3) is 0 Å². The minimum absolute atomic E-state index is 0.156. The third-order valence-electron chi connectivity index (χ3n) is 3.53. The van der Waals surface area contributed by atoms with Crippen molar-refractivity contribution in [2.45, 2.75) is 32.7 Å². The Morgan fingerprint density at radius 1 is 1.25 bits per heavy atom. The first-order chi connectivity index (χ1) is 9.56. The highest BCUT2D eigenvalue weighted by atomic mass is 79.9. The summed E-state index contributed by atoms with van der Waals surface area (Å²) >= 11 is 3.35. The number of nitrogens with zero attached hydrogens (tertiary/aromatic N) is 2. The van der Waals surface area contributed by atoms with Gasteiger partial charge in [0.05, 0.1) is 0 Å². The zero-order valence-electron chi connectivity index (χ0n) is 11.9. The molecule has 4 nitrogen and oxygen atoms in total. The molecule has 1 fully saturated rings. The molecular weight excluding hydrogens is 318 g/mol. The summed E-state index contributed by atoms with van der Waals surface area (Å²) in [7, 11) is 0. The molecule has 0 aliphatic carbocycles. The van der Waals surface area contributed by atoms with Crippen molar-refractivity contribution in [1.29, 1.82) is 0 Å². The van der Waals surface area contributed by atoms with Crippen molar-refractivity contribution in [3.05, 3.63) is 34.3 Å². The second kappa shape index (κ2) is 6.99. The number of amides is 1. The van der Waals surface area contributed by atoms with Gasteiger partial charge in [-0.3, -0.25) is 4.79 Å². The van der Waals surface area contributed by atoms with Crippen molar-refractivity contribution in [2.24, 2.45) is 5.10 Å². The number of carbonyl (C=O) groups is 1. The second-order valence-electron chi connectivity index (χ2n) is 5.26. The number of nitrogens with one attached hydrogen (secondary N) is 1. The smallest absolute Gasteiger partial charge is 0.271 e. The predicted octanol–water partition coefficient (Wildman–Crippen LogP) is 3.04. The lowest BCUT2D eigenvalue weighted by Gasteiger charge is -2.30. The Morgan fingerprint density at radius 3 is 2.40 bits per heavy atom. The van der Waals surface area contributed by atoms with E-state index in [-0.39, 0.29) is 5.91 Å². The molecule has 0 aromatic heterocycles. The molecular formula is C15H20BrN3O. The maximum atomic E-state index is 11.9. The van der Waals surface area contributed by atoms with Gasteiger partial charge in [-0.05, 0) is 38.1 Å². The van der Waals surface area contributed by atoms with Gasteiger partial charge in [0.2, 0.25) is 0 Å². The fourth-order valence-corrected chi connectivity index (χ4v) is 2.47. The van der Waals surface area contributed by atoms with Crippen LogP contribution in [0.1, 0.15) is 37.0 Å². The lowest BCUT2D eigenvalue weighted by Crippen LogP contribution is -2.39. The van der Waals surface area contributed by atoms with Crippen LogP contribution in [0.4, 0.5) is 0 Å². The quantitative estimate of drug-likeness (QED) is 0.861. The lowest BCUT2D eigenvalue weighted by atomic mass is 10.1. The Hall–Kier alpha value is -1.20. The average molecular weight is 338 g/mol. The van der Waals surface area contributed by atoms with Gasteiger partial charge < -0.3 is 4.90 Å². The van der Waals surface area contributed by atoms with Crippen LogP contribution in [0, 0.1) is 0 Å². The van der Waals surface area contributed by atoms with E-state index in [0.29, 0.717) is 11.6 Å². The summed E-state index contributed by atoms with van der Waals surface area (Å²) in [5, 5.41) is 4.25. The largest absolute Gasteiger partial charge is 0.300 e. The van der Waals surface area contributed by atoms with Crippen LogP contribution in [0.15, 0.2) is 33.8 Å². The van der Waals surface area contributed by atoms with Crippen molar-refractivity contribution in [3.8, 4) is 0 Å². The molecule has 0 spiro atoms. The highest BCUT2D eigenvalue weighted by Gasteiger charge is 2.17.